The van der Waals surface area contributed by atoms with Gasteiger partial charge in [0, 0.05) is 43.3 Å². The molecule has 0 radical (unpaired) electrons. The maximum absolute atomic E-state index is 9.32. The van der Waals surface area contributed by atoms with E-state index in [1.54, 1.807) is 0 Å². The van der Waals surface area contributed by atoms with E-state index < -0.39 is 0 Å². The number of aromatic nitrogens is 1. The third-order valence-electron chi connectivity index (χ3n) is 4.41. The van der Waals surface area contributed by atoms with Crippen LogP contribution in [0.15, 0.2) is 18.3 Å². The van der Waals surface area contributed by atoms with Gasteiger partial charge in [0.05, 0.1) is 12.6 Å². The number of benzene rings is 1. The highest BCUT2D eigenvalue weighted by Crippen LogP contribution is 2.32. The quantitative estimate of drug-likeness (QED) is 0.898. The van der Waals surface area contributed by atoms with Crippen LogP contribution in [0.5, 0.6) is 0 Å². The number of nitrogens with two attached hydrogens (primary N) is 1. The highest BCUT2D eigenvalue weighted by atomic mass is 16.3. The first-order valence-corrected chi connectivity index (χ1v) is 7.22. The second kappa shape index (κ2) is 4.88. The molecule has 0 spiro atoms. The minimum atomic E-state index is -0.306. The van der Waals surface area contributed by atoms with E-state index in [4.69, 9.17) is 5.73 Å². The number of aryl methyl sites for hydroxylation is 1. The van der Waals surface area contributed by atoms with Crippen LogP contribution in [0.2, 0.25) is 0 Å². The fourth-order valence-corrected chi connectivity index (χ4v) is 3.09. The third kappa shape index (κ3) is 2.04. The fourth-order valence-electron chi connectivity index (χ4n) is 3.09. The molecule has 3 N–H and O–H groups in total. The van der Waals surface area contributed by atoms with Gasteiger partial charge in [0.2, 0.25) is 0 Å². The molecule has 1 unspecified atom stereocenters. The standard InChI is InChI=1S/C16H23N3O/c1-10(2)19-6-11-4-13-14(15(17)9-20)8-18(3)16(13)5-12(11)7-19/h4-5,8,10,15,20H,6-7,9,17H2,1-3H3. The Morgan fingerprint density at radius 1 is 1.25 bits per heavy atom. The number of hydrogen-bond acceptors (Lipinski definition) is 3. The summed E-state index contributed by atoms with van der Waals surface area (Å²) < 4.78 is 2.11. The SMILES string of the molecule is CC(C)N1Cc2cc3c(C(N)CO)cn(C)c3cc2C1. The molecule has 1 atom stereocenters. The van der Waals surface area contributed by atoms with Crippen LogP contribution in [0.25, 0.3) is 10.9 Å². The molecule has 4 nitrogen and oxygen atoms in total. The van der Waals surface area contributed by atoms with Crippen molar-refractivity contribution in [2.45, 2.75) is 39.0 Å². The van der Waals surface area contributed by atoms with E-state index in [1.807, 2.05) is 13.2 Å². The average Bonchev–Trinajstić information content (AvgIpc) is 2.97. The van der Waals surface area contributed by atoms with Crippen molar-refractivity contribution in [2.75, 3.05) is 6.61 Å². The van der Waals surface area contributed by atoms with Crippen molar-refractivity contribution in [3.05, 3.63) is 35.0 Å². The molecule has 2 aromatic rings. The molecule has 20 heavy (non-hydrogen) atoms. The summed E-state index contributed by atoms with van der Waals surface area (Å²) in [7, 11) is 2.04. The van der Waals surface area contributed by atoms with Gasteiger partial charge < -0.3 is 15.4 Å². The molecule has 0 saturated carbocycles. The van der Waals surface area contributed by atoms with E-state index in [1.165, 1.54) is 22.0 Å². The Hall–Kier alpha value is -1.36. The molecule has 2 heterocycles. The van der Waals surface area contributed by atoms with E-state index in [0.29, 0.717) is 6.04 Å². The maximum Gasteiger partial charge on any atom is 0.0625 e. The molecule has 0 saturated heterocycles. The lowest BCUT2D eigenvalue weighted by atomic mass is 10.0. The summed E-state index contributed by atoms with van der Waals surface area (Å²) in [6.45, 7) is 6.48. The van der Waals surface area contributed by atoms with Gasteiger partial charge in [-0.25, -0.2) is 0 Å². The first kappa shape index (κ1) is 13.6. The molecule has 0 fully saturated rings. The molecule has 0 bridgehead atoms. The molecule has 1 aromatic heterocycles. The topological polar surface area (TPSA) is 54.4 Å². The molecule has 4 heteroatoms. The van der Waals surface area contributed by atoms with Crippen molar-refractivity contribution in [3.8, 4) is 0 Å². The molecule has 3 rings (SSSR count). The average molecular weight is 273 g/mol. The Morgan fingerprint density at radius 2 is 1.90 bits per heavy atom. The lowest BCUT2D eigenvalue weighted by Crippen LogP contribution is -2.24. The first-order chi connectivity index (χ1) is 9.51. The van der Waals surface area contributed by atoms with Gasteiger partial charge in [0.1, 0.15) is 0 Å². The van der Waals surface area contributed by atoms with E-state index in [0.717, 1.165) is 18.7 Å². The van der Waals surface area contributed by atoms with Crippen LogP contribution in [0.4, 0.5) is 0 Å². The van der Waals surface area contributed by atoms with Crippen molar-refractivity contribution in [2.24, 2.45) is 12.8 Å². The molecule has 0 amide bonds. The monoisotopic (exact) mass is 273 g/mol. The van der Waals surface area contributed by atoms with E-state index in [2.05, 4.69) is 35.4 Å². The Bertz CT molecular complexity index is 645. The summed E-state index contributed by atoms with van der Waals surface area (Å²) in [4.78, 5) is 2.47. The first-order valence-electron chi connectivity index (χ1n) is 7.22. The zero-order valence-corrected chi connectivity index (χ0v) is 12.4. The van der Waals surface area contributed by atoms with Crippen LogP contribution in [0, 0.1) is 0 Å². The highest BCUT2D eigenvalue weighted by Gasteiger charge is 2.23. The number of hydrogen-bond donors (Lipinski definition) is 2. The lowest BCUT2D eigenvalue weighted by molar-refractivity contribution is 0.227. The Labute approximate surface area is 119 Å². The maximum atomic E-state index is 9.32. The largest absolute Gasteiger partial charge is 0.394 e. The molecule has 108 valence electrons. The summed E-state index contributed by atoms with van der Waals surface area (Å²) >= 11 is 0. The van der Waals surface area contributed by atoms with Crippen LogP contribution in [0.1, 0.15) is 36.6 Å². The number of rotatable bonds is 3. The number of fused-ring (bicyclic) bond motifs is 2. The van der Waals surface area contributed by atoms with Gasteiger partial charge in [-0.2, -0.15) is 0 Å². The van der Waals surface area contributed by atoms with Crippen LogP contribution in [-0.2, 0) is 20.1 Å². The molecule has 1 aromatic carbocycles. The van der Waals surface area contributed by atoms with Gasteiger partial charge in [0.25, 0.3) is 0 Å². The van der Waals surface area contributed by atoms with Crippen LogP contribution >= 0.6 is 0 Å². The number of aliphatic hydroxyl groups excluding tert-OH is 1. The number of aliphatic hydroxyl groups is 1. The summed E-state index contributed by atoms with van der Waals surface area (Å²) in [6, 6.07) is 4.79. The minimum absolute atomic E-state index is 0.0195. The van der Waals surface area contributed by atoms with E-state index >= 15 is 0 Å². The van der Waals surface area contributed by atoms with Gasteiger partial charge in [-0.3, -0.25) is 4.90 Å². The normalized spacial score (nSPS) is 17.1. The molecule has 1 aliphatic heterocycles. The summed E-state index contributed by atoms with van der Waals surface area (Å²) in [5, 5.41) is 10.5. The molecular formula is C16H23N3O. The van der Waals surface area contributed by atoms with Crippen molar-refractivity contribution in [1.29, 1.82) is 0 Å². The zero-order chi connectivity index (χ0) is 14.4. The summed E-state index contributed by atoms with van der Waals surface area (Å²) in [6.07, 6.45) is 2.04. The van der Waals surface area contributed by atoms with Crippen molar-refractivity contribution >= 4 is 10.9 Å². The van der Waals surface area contributed by atoms with Crippen molar-refractivity contribution in [3.63, 3.8) is 0 Å². The van der Waals surface area contributed by atoms with Crippen LogP contribution in [-0.4, -0.2) is 27.2 Å². The third-order valence-corrected chi connectivity index (χ3v) is 4.41. The minimum Gasteiger partial charge on any atom is -0.394 e. The smallest absolute Gasteiger partial charge is 0.0625 e. The summed E-state index contributed by atoms with van der Waals surface area (Å²) in [5.74, 6) is 0. The zero-order valence-electron chi connectivity index (χ0n) is 12.4. The predicted molar refractivity (Wildman–Crippen MR) is 81.3 cm³/mol. The fraction of sp³-hybridized carbons (Fsp3) is 0.500. The van der Waals surface area contributed by atoms with Crippen LogP contribution in [0.3, 0.4) is 0 Å². The van der Waals surface area contributed by atoms with Gasteiger partial charge >= 0.3 is 0 Å². The van der Waals surface area contributed by atoms with Gasteiger partial charge in [-0.1, -0.05) is 0 Å². The van der Waals surface area contributed by atoms with Gasteiger partial charge in [-0.15, -0.1) is 0 Å². The second-order valence-corrected chi connectivity index (χ2v) is 6.12. The Kier molecular flexibility index (Phi) is 3.32. The van der Waals surface area contributed by atoms with Crippen molar-refractivity contribution < 1.29 is 5.11 Å². The summed E-state index contributed by atoms with van der Waals surface area (Å²) in [5.41, 5.74) is 11.1. The predicted octanol–water partition coefficient (Wildman–Crippen LogP) is 1.89. The Balaban J connectivity index is 2.10. The molecular weight excluding hydrogens is 250 g/mol. The Morgan fingerprint density at radius 3 is 2.50 bits per heavy atom. The van der Waals surface area contributed by atoms with Crippen LogP contribution < -0.4 is 5.73 Å². The number of nitrogens with zero attached hydrogens (tertiary/aromatic N) is 2. The van der Waals surface area contributed by atoms with Gasteiger partial charge in [0.15, 0.2) is 0 Å². The second-order valence-electron chi connectivity index (χ2n) is 6.12. The van der Waals surface area contributed by atoms with Gasteiger partial charge in [-0.05, 0) is 42.7 Å². The molecule has 1 aliphatic rings. The van der Waals surface area contributed by atoms with Crippen molar-refractivity contribution in [1.82, 2.24) is 9.47 Å². The van der Waals surface area contributed by atoms with E-state index in [-0.39, 0.29) is 12.6 Å². The molecule has 0 aliphatic carbocycles. The lowest BCUT2D eigenvalue weighted by Gasteiger charge is -2.18. The van der Waals surface area contributed by atoms with E-state index in [9.17, 15) is 5.11 Å². The highest BCUT2D eigenvalue weighted by molar-refractivity contribution is 5.86.